The van der Waals surface area contributed by atoms with Crippen LogP contribution in [0.4, 0.5) is 0 Å². The van der Waals surface area contributed by atoms with Crippen LogP contribution in [0.2, 0.25) is 0 Å². The monoisotopic (exact) mass is 339 g/mol. The quantitative estimate of drug-likeness (QED) is 0.749. The van der Waals surface area contributed by atoms with Crippen LogP contribution in [0.1, 0.15) is 44.6 Å². The number of methoxy groups -OCH3 is 1. The van der Waals surface area contributed by atoms with Crippen molar-refractivity contribution in [1.29, 1.82) is 0 Å². The molecule has 112 valence electrons. The molecule has 0 saturated heterocycles. The van der Waals surface area contributed by atoms with Crippen molar-refractivity contribution in [1.82, 2.24) is 5.32 Å². The number of rotatable bonds is 8. The fourth-order valence-corrected chi connectivity index (χ4v) is 3.23. The molecule has 0 bridgehead atoms. The van der Waals surface area contributed by atoms with Crippen molar-refractivity contribution >= 4 is 15.9 Å². The highest BCUT2D eigenvalue weighted by molar-refractivity contribution is 9.10. The van der Waals surface area contributed by atoms with Crippen molar-refractivity contribution in [2.45, 2.75) is 51.5 Å². The lowest BCUT2D eigenvalue weighted by Gasteiger charge is -2.30. The zero-order chi connectivity index (χ0) is 14.4. The summed E-state index contributed by atoms with van der Waals surface area (Å²) >= 11 is 3.67. The molecule has 3 heteroatoms. The van der Waals surface area contributed by atoms with Gasteiger partial charge in [-0.25, -0.2) is 0 Å². The molecule has 1 aliphatic carbocycles. The summed E-state index contributed by atoms with van der Waals surface area (Å²) in [6, 6.07) is 6.84. The number of hydrogen-bond acceptors (Lipinski definition) is 2. The molecule has 20 heavy (non-hydrogen) atoms. The lowest BCUT2D eigenvalue weighted by atomic mass is 9.80. The van der Waals surface area contributed by atoms with Crippen molar-refractivity contribution in [3.05, 3.63) is 28.2 Å². The van der Waals surface area contributed by atoms with Crippen LogP contribution in [0.3, 0.4) is 0 Å². The van der Waals surface area contributed by atoms with Crippen LogP contribution < -0.4 is 10.1 Å². The summed E-state index contributed by atoms with van der Waals surface area (Å²) in [5.41, 5.74) is 1.34. The Morgan fingerprint density at radius 3 is 2.80 bits per heavy atom. The highest BCUT2D eigenvalue weighted by Crippen LogP contribution is 2.32. The molecule has 0 amide bonds. The molecule has 2 nitrogen and oxygen atoms in total. The van der Waals surface area contributed by atoms with Crippen molar-refractivity contribution in [3.63, 3.8) is 0 Å². The molecule has 1 atom stereocenters. The van der Waals surface area contributed by atoms with Crippen LogP contribution in [0.25, 0.3) is 0 Å². The molecule has 1 aromatic carbocycles. The first-order valence-electron chi connectivity index (χ1n) is 7.78. The Morgan fingerprint density at radius 2 is 2.20 bits per heavy atom. The maximum atomic E-state index is 5.34. The summed E-state index contributed by atoms with van der Waals surface area (Å²) in [7, 11) is 1.73. The van der Waals surface area contributed by atoms with Crippen molar-refractivity contribution in [2.24, 2.45) is 5.92 Å². The molecule has 0 aliphatic heterocycles. The highest BCUT2D eigenvalue weighted by atomic mass is 79.9. The van der Waals surface area contributed by atoms with Crippen LogP contribution >= 0.6 is 15.9 Å². The van der Waals surface area contributed by atoms with Gasteiger partial charge in [-0.05, 0) is 55.5 Å². The summed E-state index contributed by atoms with van der Waals surface area (Å²) < 4.78 is 6.53. The predicted octanol–water partition coefficient (Wildman–Crippen LogP) is 4.56. The molecule has 0 spiro atoms. The van der Waals surface area contributed by atoms with Crippen molar-refractivity contribution in [2.75, 3.05) is 13.7 Å². The lowest BCUT2D eigenvalue weighted by Crippen LogP contribution is -2.35. The van der Waals surface area contributed by atoms with Gasteiger partial charge in [-0.2, -0.15) is 0 Å². The Balaban J connectivity index is 2.00. The van der Waals surface area contributed by atoms with Crippen LogP contribution in [-0.4, -0.2) is 19.7 Å². The minimum absolute atomic E-state index is 0.587. The molecule has 1 N–H and O–H groups in total. The Bertz CT molecular complexity index is 417. The number of nitrogens with one attached hydrogen (secondary N) is 1. The van der Waals surface area contributed by atoms with Crippen LogP contribution in [0, 0.1) is 5.92 Å². The minimum atomic E-state index is 0.587. The molecule has 1 aromatic rings. The standard InChI is InChI=1S/C17H26BrNO/c1-3-9-19-15(10-13-5-4-6-13)11-14-12-16(20-2)7-8-17(14)18/h7-8,12-13,15,19H,3-6,9-11H2,1-2H3. The third-order valence-corrected chi connectivity index (χ3v) is 5.02. The first-order chi connectivity index (χ1) is 9.72. The average molecular weight is 340 g/mol. The van der Waals surface area contributed by atoms with Crippen molar-refractivity contribution in [3.8, 4) is 5.75 Å². The fraction of sp³-hybridized carbons (Fsp3) is 0.647. The van der Waals surface area contributed by atoms with Gasteiger partial charge in [0.05, 0.1) is 7.11 Å². The van der Waals surface area contributed by atoms with Gasteiger partial charge in [0.15, 0.2) is 0 Å². The van der Waals surface area contributed by atoms with Gasteiger partial charge < -0.3 is 10.1 Å². The van der Waals surface area contributed by atoms with E-state index in [0.717, 1.165) is 24.6 Å². The molecular formula is C17H26BrNO. The molecule has 1 unspecified atom stereocenters. The number of ether oxygens (including phenoxy) is 1. The summed E-state index contributed by atoms with van der Waals surface area (Å²) in [4.78, 5) is 0. The molecule has 0 aromatic heterocycles. The van der Waals surface area contributed by atoms with E-state index in [-0.39, 0.29) is 0 Å². The largest absolute Gasteiger partial charge is 0.497 e. The molecule has 0 heterocycles. The van der Waals surface area contributed by atoms with E-state index in [1.807, 2.05) is 6.07 Å². The minimum Gasteiger partial charge on any atom is -0.497 e. The van der Waals surface area contributed by atoms with E-state index in [9.17, 15) is 0 Å². The predicted molar refractivity (Wildman–Crippen MR) is 88.4 cm³/mol. The zero-order valence-electron chi connectivity index (χ0n) is 12.6. The topological polar surface area (TPSA) is 21.3 Å². The van der Waals surface area contributed by atoms with E-state index in [0.29, 0.717) is 6.04 Å². The Kier molecular flexibility index (Phi) is 6.37. The molecular weight excluding hydrogens is 314 g/mol. The van der Waals surface area contributed by atoms with Gasteiger partial charge >= 0.3 is 0 Å². The van der Waals surface area contributed by atoms with E-state index < -0.39 is 0 Å². The van der Waals surface area contributed by atoms with E-state index in [1.165, 1.54) is 42.1 Å². The average Bonchev–Trinajstić information content (AvgIpc) is 2.41. The zero-order valence-corrected chi connectivity index (χ0v) is 14.2. The normalized spacial score (nSPS) is 16.8. The first kappa shape index (κ1) is 15.8. The van der Waals surface area contributed by atoms with Crippen LogP contribution in [-0.2, 0) is 6.42 Å². The summed E-state index contributed by atoms with van der Waals surface area (Å²) in [5, 5.41) is 3.72. The Labute approximate surface area is 131 Å². The summed E-state index contributed by atoms with van der Waals surface area (Å²) in [5.74, 6) is 1.88. The molecule has 1 aliphatic rings. The van der Waals surface area contributed by atoms with Gasteiger partial charge in [-0.1, -0.05) is 42.1 Å². The summed E-state index contributed by atoms with van der Waals surface area (Å²) in [6.45, 7) is 3.34. The number of benzene rings is 1. The van der Waals surface area contributed by atoms with Gasteiger partial charge in [0.1, 0.15) is 5.75 Å². The summed E-state index contributed by atoms with van der Waals surface area (Å²) in [6.07, 6.45) is 7.85. The van der Waals surface area contributed by atoms with E-state index in [1.54, 1.807) is 7.11 Å². The van der Waals surface area contributed by atoms with Gasteiger partial charge in [-0.15, -0.1) is 0 Å². The van der Waals surface area contributed by atoms with E-state index >= 15 is 0 Å². The second-order valence-electron chi connectivity index (χ2n) is 5.85. The third kappa shape index (κ3) is 4.49. The van der Waals surface area contributed by atoms with Gasteiger partial charge in [0.2, 0.25) is 0 Å². The first-order valence-corrected chi connectivity index (χ1v) is 8.58. The van der Waals surface area contributed by atoms with Crippen LogP contribution in [0.15, 0.2) is 22.7 Å². The second-order valence-corrected chi connectivity index (χ2v) is 6.70. The lowest BCUT2D eigenvalue weighted by molar-refractivity contribution is 0.259. The maximum absolute atomic E-state index is 5.34. The molecule has 2 rings (SSSR count). The highest BCUT2D eigenvalue weighted by Gasteiger charge is 2.22. The Hall–Kier alpha value is -0.540. The third-order valence-electron chi connectivity index (χ3n) is 4.24. The van der Waals surface area contributed by atoms with Gasteiger partial charge in [0.25, 0.3) is 0 Å². The van der Waals surface area contributed by atoms with E-state index in [2.05, 4.69) is 40.3 Å². The van der Waals surface area contributed by atoms with Crippen molar-refractivity contribution < 1.29 is 4.74 Å². The van der Waals surface area contributed by atoms with Crippen LogP contribution in [0.5, 0.6) is 5.75 Å². The van der Waals surface area contributed by atoms with E-state index in [4.69, 9.17) is 4.74 Å². The Morgan fingerprint density at radius 1 is 1.40 bits per heavy atom. The maximum Gasteiger partial charge on any atom is 0.119 e. The van der Waals surface area contributed by atoms with Gasteiger partial charge in [0, 0.05) is 10.5 Å². The molecule has 1 fully saturated rings. The molecule has 0 radical (unpaired) electrons. The number of hydrogen-bond donors (Lipinski definition) is 1. The fourth-order valence-electron chi connectivity index (χ4n) is 2.82. The second kappa shape index (κ2) is 8.04. The molecule has 1 saturated carbocycles. The SMILES string of the molecule is CCCNC(Cc1cc(OC)ccc1Br)CC1CCC1. The smallest absolute Gasteiger partial charge is 0.119 e. The van der Waals surface area contributed by atoms with Gasteiger partial charge in [-0.3, -0.25) is 0 Å². The number of halogens is 1.